The van der Waals surface area contributed by atoms with Crippen LogP contribution in [0.3, 0.4) is 0 Å². The Bertz CT molecular complexity index is 1660. The Morgan fingerprint density at radius 1 is 0.805 bits per heavy atom. The molecule has 208 valence electrons. The van der Waals surface area contributed by atoms with Crippen LogP contribution in [0.15, 0.2) is 60.7 Å². The molecule has 4 aromatic rings. The van der Waals surface area contributed by atoms with Crippen molar-refractivity contribution in [2.75, 3.05) is 14.2 Å². The molecule has 1 unspecified atom stereocenters. The Balaban J connectivity index is 1.30. The lowest BCUT2D eigenvalue weighted by molar-refractivity contribution is 0.111. The standard InChI is InChI=1S/C32H30N2O6Si/c1-37-30-19(17-35)9-13-28(33-30)39-27-12-11-23-21(5-3-7-25(23)27)22-6-4-8-26-24(22)15-16-32(26,41)40-29-14-10-20(18-36)31(34-29)38-2/h3-10,13-14,17-18,27H,11-12,15-16H2,1-2,41H3/t27-,32?/m0/s1. The first-order valence-corrected chi connectivity index (χ1v) is 14.6. The van der Waals surface area contributed by atoms with Gasteiger partial charge in [-0.1, -0.05) is 36.4 Å². The summed E-state index contributed by atoms with van der Waals surface area (Å²) in [5.74, 6) is 1.40. The number of aldehydes is 2. The molecule has 8 nitrogen and oxygen atoms in total. The van der Waals surface area contributed by atoms with Crippen molar-refractivity contribution in [3.63, 3.8) is 0 Å². The predicted octanol–water partition coefficient (Wildman–Crippen LogP) is 4.40. The molecule has 2 aromatic carbocycles. The van der Waals surface area contributed by atoms with E-state index in [-0.39, 0.29) is 17.9 Å². The molecule has 2 aliphatic rings. The molecular formula is C32H30N2O6Si. The average molecular weight is 567 g/mol. The fraction of sp³-hybridized carbons (Fsp3) is 0.250. The molecule has 41 heavy (non-hydrogen) atoms. The summed E-state index contributed by atoms with van der Waals surface area (Å²) in [5.41, 5.74) is 8.14. The van der Waals surface area contributed by atoms with Crippen molar-refractivity contribution in [2.24, 2.45) is 0 Å². The van der Waals surface area contributed by atoms with Crippen LogP contribution in [-0.4, -0.2) is 47.0 Å². The van der Waals surface area contributed by atoms with E-state index < -0.39 is 5.22 Å². The van der Waals surface area contributed by atoms with Gasteiger partial charge in [-0.15, -0.1) is 0 Å². The lowest BCUT2D eigenvalue weighted by Gasteiger charge is -2.27. The lowest BCUT2D eigenvalue weighted by atomic mass is 9.91. The molecule has 9 heteroatoms. The van der Waals surface area contributed by atoms with E-state index in [1.165, 1.54) is 42.0 Å². The van der Waals surface area contributed by atoms with Gasteiger partial charge < -0.3 is 18.9 Å². The van der Waals surface area contributed by atoms with Gasteiger partial charge in [0.15, 0.2) is 12.6 Å². The number of nitrogens with zero attached hydrogens (tertiary/aromatic N) is 2. The number of hydrogen-bond acceptors (Lipinski definition) is 8. The smallest absolute Gasteiger partial charge is 0.227 e. The van der Waals surface area contributed by atoms with E-state index in [9.17, 15) is 9.59 Å². The Morgan fingerprint density at radius 3 is 2.12 bits per heavy atom. The molecule has 0 fully saturated rings. The minimum absolute atomic E-state index is 0.141. The Labute approximate surface area is 241 Å². The molecule has 2 aromatic heterocycles. The quantitative estimate of drug-likeness (QED) is 0.217. The summed E-state index contributed by atoms with van der Waals surface area (Å²) < 4.78 is 23.4. The number of methoxy groups -OCH3 is 2. The largest absolute Gasteiger partial charge is 0.480 e. The fourth-order valence-corrected chi connectivity index (χ4v) is 7.00. The Kier molecular flexibility index (Phi) is 7.04. The molecule has 0 amide bonds. The molecule has 2 heterocycles. The zero-order valence-corrected chi connectivity index (χ0v) is 25.2. The minimum atomic E-state index is -0.436. The van der Waals surface area contributed by atoms with Crippen molar-refractivity contribution in [3.05, 3.63) is 94.0 Å². The number of hydrogen-bond donors (Lipinski definition) is 0. The van der Waals surface area contributed by atoms with Crippen molar-refractivity contribution >= 4 is 22.8 Å². The zero-order valence-electron chi connectivity index (χ0n) is 23.2. The molecular weight excluding hydrogens is 536 g/mol. The highest BCUT2D eigenvalue weighted by atomic mass is 28.1. The summed E-state index contributed by atoms with van der Waals surface area (Å²) in [5, 5.41) is -0.436. The van der Waals surface area contributed by atoms with Gasteiger partial charge in [0.1, 0.15) is 11.3 Å². The van der Waals surface area contributed by atoms with Gasteiger partial charge in [-0.25, -0.2) is 0 Å². The number of carbonyl (C=O) groups excluding carboxylic acids is 2. The van der Waals surface area contributed by atoms with Crippen LogP contribution < -0.4 is 18.9 Å². The molecule has 0 saturated carbocycles. The Hall–Kier alpha value is -4.50. The van der Waals surface area contributed by atoms with Gasteiger partial charge in [-0.3, -0.25) is 9.59 Å². The number of pyridine rings is 2. The molecule has 0 N–H and O–H groups in total. The van der Waals surface area contributed by atoms with Crippen molar-refractivity contribution in [1.82, 2.24) is 9.97 Å². The van der Waals surface area contributed by atoms with Crippen molar-refractivity contribution in [3.8, 4) is 34.6 Å². The molecule has 2 atom stereocenters. The van der Waals surface area contributed by atoms with Gasteiger partial charge in [-0.2, -0.15) is 9.97 Å². The van der Waals surface area contributed by atoms with E-state index in [2.05, 4.69) is 46.4 Å². The fourth-order valence-electron chi connectivity index (χ4n) is 6.07. The Morgan fingerprint density at radius 2 is 1.44 bits per heavy atom. The van der Waals surface area contributed by atoms with E-state index in [0.717, 1.165) is 54.1 Å². The van der Waals surface area contributed by atoms with Crippen LogP contribution >= 0.6 is 0 Å². The highest BCUT2D eigenvalue weighted by molar-refractivity contribution is 6.15. The van der Waals surface area contributed by atoms with Crippen molar-refractivity contribution < 1.29 is 28.5 Å². The summed E-state index contributed by atoms with van der Waals surface area (Å²) in [6.45, 7) is 0. The van der Waals surface area contributed by atoms with Crippen molar-refractivity contribution in [1.29, 1.82) is 0 Å². The maximum atomic E-state index is 11.3. The summed E-state index contributed by atoms with van der Waals surface area (Å²) in [7, 11) is 3.75. The number of benzene rings is 2. The van der Waals surface area contributed by atoms with Gasteiger partial charge in [0.05, 0.1) is 35.6 Å². The van der Waals surface area contributed by atoms with Crippen LogP contribution in [0, 0.1) is 0 Å². The van der Waals surface area contributed by atoms with Crippen LogP contribution in [0.5, 0.6) is 23.5 Å². The molecule has 2 aliphatic carbocycles. The molecule has 6 rings (SSSR count). The number of aromatic nitrogens is 2. The maximum Gasteiger partial charge on any atom is 0.227 e. The molecule has 0 aliphatic heterocycles. The highest BCUT2D eigenvalue weighted by Crippen LogP contribution is 2.46. The first kappa shape index (κ1) is 26.7. The van der Waals surface area contributed by atoms with E-state index in [4.69, 9.17) is 18.9 Å². The first-order chi connectivity index (χ1) is 20.0. The van der Waals surface area contributed by atoms with Crippen LogP contribution in [0.1, 0.15) is 61.9 Å². The van der Waals surface area contributed by atoms with Crippen LogP contribution in [0.2, 0.25) is 0 Å². The van der Waals surface area contributed by atoms with E-state index in [0.29, 0.717) is 22.9 Å². The molecule has 0 radical (unpaired) electrons. The zero-order chi connectivity index (χ0) is 28.6. The maximum absolute atomic E-state index is 11.3. The minimum Gasteiger partial charge on any atom is -0.480 e. The van der Waals surface area contributed by atoms with Gasteiger partial charge in [-0.05, 0) is 71.2 Å². The SMILES string of the molecule is COc1nc(O[C@H]2CCc3c(-c4cccc5c4CCC5([SiH3])Oc4ccc(C=O)c(OC)n4)cccc32)ccc1C=O. The van der Waals surface area contributed by atoms with Crippen LogP contribution in [0.4, 0.5) is 0 Å². The third kappa shape index (κ3) is 4.76. The summed E-state index contributed by atoms with van der Waals surface area (Å²) >= 11 is 0. The second-order valence-corrected chi connectivity index (χ2v) is 12.0. The summed E-state index contributed by atoms with van der Waals surface area (Å²) in [6.07, 6.45) is 4.79. The van der Waals surface area contributed by atoms with E-state index >= 15 is 0 Å². The van der Waals surface area contributed by atoms with Gasteiger partial charge in [0, 0.05) is 12.1 Å². The number of ether oxygens (including phenoxy) is 4. The van der Waals surface area contributed by atoms with Gasteiger partial charge >= 0.3 is 0 Å². The summed E-state index contributed by atoms with van der Waals surface area (Å²) in [4.78, 5) is 31.4. The van der Waals surface area contributed by atoms with E-state index in [1.54, 1.807) is 24.3 Å². The molecule has 0 bridgehead atoms. The average Bonchev–Trinajstić information content (AvgIpc) is 3.57. The normalized spacial score (nSPS) is 18.8. The number of fused-ring (bicyclic) bond motifs is 2. The topological polar surface area (TPSA) is 96.8 Å². The van der Waals surface area contributed by atoms with Crippen molar-refractivity contribution in [2.45, 2.75) is 37.0 Å². The third-order valence-corrected chi connectivity index (χ3v) is 9.31. The van der Waals surface area contributed by atoms with Crippen LogP contribution in [-0.2, 0) is 18.1 Å². The molecule has 0 saturated heterocycles. The number of rotatable bonds is 9. The monoisotopic (exact) mass is 566 g/mol. The lowest BCUT2D eigenvalue weighted by Crippen LogP contribution is -2.31. The first-order valence-electron chi connectivity index (χ1n) is 13.6. The van der Waals surface area contributed by atoms with Gasteiger partial charge in [0.25, 0.3) is 0 Å². The highest BCUT2D eigenvalue weighted by Gasteiger charge is 2.38. The molecule has 0 spiro atoms. The second kappa shape index (κ2) is 10.8. The number of carbonyl (C=O) groups is 2. The van der Waals surface area contributed by atoms with E-state index in [1.807, 2.05) is 0 Å². The summed E-state index contributed by atoms with van der Waals surface area (Å²) in [6, 6.07) is 19.6. The predicted molar refractivity (Wildman–Crippen MR) is 156 cm³/mol. The second-order valence-electron chi connectivity index (χ2n) is 10.4. The van der Waals surface area contributed by atoms with Crippen LogP contribution in [0.25, 0.3) is 11.1 Å². The third-order valence-electron chi connectivity index (χ3n) is 8.07. The van der Waals surface area contributed by atoms with Gasteiger partial charge in [0.2, 0.25) is 23.5 Å².